The molecule has 0 spiro atoms. The monoisotopic (exact) mass is 202 g/mol. The molecule has 0 unspecified atom stereocenters. The van der Waals surface area contributed by atoms with Crippen molar-refractivity contribution in [3.63, 3.8) is 0 Å². The number of aromatic nitrogens is 1. The van der Waals surface area contributed by atoms with Crippen LogP contribution < -0.4 is 4.57 Å². The maximum absolute atomic E-state index is 13.0. The normalized spacial score (nSPS) is 10.3. The van der Waals surface area contributed by atoms with E-state index in [0.717, 1.165) is 16.8 Å². The molecular formula is C13H13FN+. The van der Waals surface area contributed by atoms with E-state index in [9.17, 15) is 4.39 Å². The van der Waals surface area contributed by atoms with Gasteiger partial charge in [0.05, 0.1) is 0 Å². The molecule has 0 aliphatic rings. The number of aryl methyl sites for hydroxylation is 2. The van der Waals surface area contributed by atoms with Crippen LogP contribution in [0.2, 0.25) is 0 Å². The van der Waals surface area contributed by atoms with E-state index >= 15 is 0 Å². The molecule has 1 aromatic carbocycles. The Morgan fingerprint density at radius 2 is 1.93 bits per heavy atom. The summed E-state index contributed by atoms with van der Waals surface area (Å²) < 4.78 is 15.0. The molecule has 0 aliphatic carbocycles. The van der Waals surface area contributed by atoms with E-state index in [1.165, 1.54) is 6.07 Å². The maximum atomic E-state index is 13.0. The topological polar surface area (TPSA) is 3.88 Å². The van der Waals surface area contributed by atoms with Gasteiger partial charge in [-0.1, -0.05) is 0 Å². The molecule has 2 rings (SSSR count). The van der Waals surface area contributed by atoms with E-state index in [0.29, 0.717) is 0 Å². The summed E-state index contributed by atoms with van der Waals surface area (Å²) in [6, 6.07) is 10.9. The molecule has 2 heteroatoms. The van der Waals surface area contributed by atoms with Gasteiger partial charge in [0.2, 0.25) is 5.69 Å². The Kier molecular flexibility index (Phi) is 2.50. The third-order valence-corrected chi connectivity index (χ3v) is 2.52. The molecule has 0 N–H and O–H groups in total. The summed E-state index contributed by atoms with van der Waals surface area (Å²) >= 11 is 0. The lowest BCUT2D eigenvalue weighted by Gasteiger charge is -2.03. The quantitative estimate of drug-likeness (QED) is 0.626. The summed E-state index contributed by atoms with van der Waals surface area (Å²) in [6.07, 6.45) is 1.98. The Hall–Kier alpha value is -1.70. The van der Waals surface area contributed by atoms with Crippen LogP contribution in [0.15, 0.2) is 42.6 Å². The Morgan fingerprint density at radius 1 is 1.13 bits per heavy atom. The minimum Gasteiger partial charge on any atom is -0.207 e. The highest BCUT2D eigenvalue weighted by molar-refractivity contribution is 5.60. The Balaban J connectivity index is 2.60. The van der Waals surface area contributed by atoms with Crippen molar-refractivity contribution in [2.45, 2.75) is 6.92 Å². The molecule has 0 fully saturated rings. The van der Waals surface area contributed by atoms with Gasteiger partial charge in [-0.3, -0.25) is 0 Å². The smallest absolute Gasteiger partial charge is 0.207 e. The van der Waals surface area contributed by atoms with E-state index in [2.05, 4.69) is 0 Å². The number of nitrogens with zero attached hydrogens (tertiary/aromatic N) is 1. The lowest BCUT2D eigenvalue weighted by atomic mass is 10.0. The molecule has 1 aromatic heterocycles. The molecule has 0 atom stereocenters. The summed E-state index contributed by atoms with van der Waals surface area (Å²) in [6.45, 7) is 1.92. The minimum absolute atomic E-state index is 0.185. The third kappa shape index (κ3) is 1.89. The van der Waals surface area contributed by atoms with Crippen LogP contribution >= 0.6 is 0 Å². The molecule has 0 aliphatic heterocycles. The summed E-state index contributed by atoms with van der Waals surface area (Å²) in [7, 11) is 1.98. The van der Waals surface area contributed by atoms with Crippen molar-refractivity contribution < 1.29 is 8.96 Å². The minimum atomic E-state index is -0.185. The molecule has 1 heterocycles. The number of hydrogen-bond donors (Lipinski definition) is 0. The van der Waals surface area contributed by atoms with Gasteiger partial charge in [0, 0.05) is 17.7 Å². The molecular weight excluding hydrogens is 189 g/mol. The average Bonchev–Trinajstić information content (AvgIpc) is 2.20. The van der Waals surface area contributed by atoms with Crippen LogP contribution in [-0.2, 0) is 7.05 Å². The van der Waals surface area contributed by atoms with E-state index in [4.69, 9.17) is 0 Å². The second kappa shape index (κ2) is 3.81. The molecule has 0 radical (unpaired) electrons. The van der Waals surface area contributed by atoms with Crippen molar-refractivity contribution >= 4 is 0 Å². The molecule has 0 amide bonds. The fourth-order valence-corrected chi connectivity index (χ4v) is 1.72. The highest BCUT2D eigenvalue weighted by Crippen LogP contribution is 2.20. The molecule has 2 aromatic rings. The molecule has 0 saturated carbocycles. The fourth-order valence-electron chi connectivity index (χ4n) is 1.72. The Morgan fingerprint density at radius 3 is 2.60 bits per heavy atom. The first-order chi connectivity index (χ1) is 7.18. The van der Waals surface area contributed by atoms with Crippen LogP contribution in [-0.4, -0.2) is 0 Å². The molecule has 1 nitrogen and oxygen atoms in total. The Labute approximate surface area is 88.8 Å². The standard InChI is InChI=1S/C13H13FN/c1-10-9-11(14)6-7-12(10)13-5-3-4-8-15(13)2/h3-9H,1-2H3/q+1. The molecule has 76 valence electrons. The van der Waals surface area contributed by atoms with Crippen molar-refractivity contribution in [1.82, 2.24) is 0 Å². The van der Waals surface area contributed by atoms with Gasteiger partial charge in [-0.2, -0.15) is 0 Å². The van der Waals surface area contributed by atoms with E-state index in [1.807, 2.05) is 49.0 Å². The largest absolute Gasteiger partial charge is 0.212 e. The van der Waals surface area contributed by atoms with E-state index in [-0.39, 0.29) is 5.82 Å². The van der Waals surface area contributed by atoms with Crippen molar-refractivity contribution in [1.29, 1.82) is 0 Å². The van der Waals surface area contributed by atoms with Crippen LogP contribution in [0.1, 0.15) is 5.56 Å². The first-order valence-electron chi connectivity index (χ1n) is 4.89. The summed E-state index contributed by atoms with van der Waals surface area (Å²) in [4.78, 5) is 0. The number of pyridine rings is 1. The molecule has 0 bridgehead atoms. The van der Waals surface area contributed by atoms with Crippen molar-refractivity contribution in [3.8, 4) is 11.3 Å². The highest BCUT2D eigenvalue weighted by Gasteiger charge is 2.10. The molecule has 15 heavy (non-hydrogen) atoms. The number of hydrogen-bond acceptors (Lipinski definition) is 0. The van der Waals surface area contributed by atoms with Crippen molar-refractivity contribution in [2.24, 2.45) is 7.05 Å². The van der Waals surface area contributed by atoms with Gasteiger partial charge in [-0.05, 0) is 36.8 Å². The molecule has 0 saturated heterocycles. The Bertz CT molecular complexity index is 492. The van der Waals surface area contributed by atoms with E-state index < -0.39 is 0 Å². The van der Waals surface area contributed by atoms with Crippen LogP contribution in [0.25, 0.3) is 11.3 Å². The predicted molar refractivity (Wildman–Crippen MR) is 57.7 cm³/mol. The van der Waals surface area contributed by atoms with Gasteiger partial charge in [0.15, 0.2) is 6.20 Å². The van der Waals surface area contributed by atoms with Gasteiger partial charge < -0.3 is 0 Å². The number of rotatable bonds is 1. The van der Waals surface area contributed by atoms with Gasteiger partial charge >= 0.3 is 0 Å². The van der Waals surface area contributed by atoms with Gasteiger partial charge in [-0.15, -0.1) is 0 Å². The average molecular weight is 202 g/mol. The van der Waals surface area contributed by atoms with Gasteiger partial charge in [0.25, 0.3) is 0 Å². The number of benzene rings is 1. The van der Waals surface area contributed by atoms with Crippen LogP contribution in [0, 0.1) is 12.7 Å². The second-order valence-corrected chi connectivity index (χ2v) is 3.66. The van der Waals surface area contributed by atoms with Crippen molar-refractivity contribution in [3.05, 3.63) is 54.0 Å². The van der Waals surface area contributed by atoms with Gasteiger partial charge in [0.1, 0.15) is 12.9 Å². The maximum Gasteiger partial charge on any atom is 0.212 e. The fraction of sp³-hybridized carbons (Fsp3) is 0.154. The predicted octanol–water partition coefficient (Wildman–Crippen LogP) is 2.63. The second-order valence-electron chi connectivity index (χ2n) is 3.66. The number of halogens is 1. The lowest BCUT2D eigenvalue weighted by Crippen LogP contribution is -2.30. The highest BCUT2D eigenvalue weighted by atomic mass is 19.1. The third-order valence-electron chi connectivity index (χ3n) is 2.52. The van der Waals surface area contributed by atoms with Gasteiger partial charge in [-0.25, -0.2) is 8.96 Å². The summed E-state index contributed by atoms with van der Waals surface area (Å²) in [5.41, 5.74) is 3.12. The van der Waals surface area contributed by atoms with Crippen LogP contribution in [0.5, 0.6) is 0 Å². The lowest BCUT2D eigenvalue weighted by molar-refractivity contribution is -0.660. The van der Waals surface area contributed by atoms with Crippen LogP contribution in [0.3, 0.4) is 0 Å². The van der Waals surface area contributed by atoms with E-state index in [1.54, 1.807) is 6.07 Å². The summed E-state index contributed by atoms with van der Waals surface area (Å²) in [5, 5.41) is 0. The van der Waals surface area contributed by atoms with Crippen molar-refractivity contribution in [2.75, 3.05) is 0 Å². The zero-order valence-corrected chi connectivity index (χ0v) is 8.87. The summed E-state index contributed by atoms with van der Waals surface area (Å²) in [5.74, 6) is -0.185. The zero-order valence-electron chi connectivity index (χ0n) is 8.87. The first kappa shape index (κ1) is 9.84. The SMILES string of the molecule is Cc1cc(F)ccc1-c1cccc[n+]1C. The van der Waals surface area contributed by atoms with Crippen LogP contribution in [0.4, 0.5) is 4.39 Å². The zero-order chi connectivity index (χ0) is 10.8. The first-order valence-corrected chi connectivity index (χ1v) is 4.89.